The summed E-state index contributed by atoms with van der Waals surface area (Å²) < 4.78 is 6.54. The van der Waals surface area contributed by atoms with Crippen molar-refractivity contribution in [2.45, 2.75) is 26.3 Å². The van der Waals surface area contributed by atoms with Gasteiger partial charge in [-0.1, -0.05) is 0 Å². The number of ether oxygens (including phenoxy) is 1. The molecule has 0 unspecified atom stereocenters. The van der Waals surface area contributed by atoms with Gasteiger partial charge in [0, 0.05) is 18.3 Å². The average Bonchev–Trinajstić information content (AvgIpc) is 2.66. The van der Waals surface area contributed by atoms with Crippen LogP contribution >= 0.6 is 0 Å². The first-order chi connectivity index (χ1) is 7.65. The predicted octanol–water partition coefficient (Wildman–Crippen LogP) is 0.553. The van der Waals surface area contributed by atoms with Gasteiger partial charge in [0.1, 0.15) is 5.56 Å². The van der Waals surface area contributed by atoms with Gasteiger partial charge in [0.05, 0.1) is 12.3 Å². The van der Waals surface area contributed by atoms with Crippen LogP contribution in [0.3, 0.4) is 0 Å². The fourth-order valence-corrected chi connectivity index (χ4v) is 2.07. The molecule has 0 atom stereocenters. The van der Waals surface area contributed by atoms with Gasteiger partial charge < -0.3 is 15.0 Å². The summed E-state index contributed by atoms with van der Waals surface area (Å²) in [4.78, 5) is 23.3. The second-order valence-electron chi connectivity index (χ2n) is 3.74. The largest absolute Gasteiger partial charge is 0.462 e. The molecule has 2 rings (SSSR count). The minimum atomic E-state index is -0.439. The molecule has 0 aromatic carbocycles. The van der Waals surface area contributed by atoms with E-state index in [9.17, 15) is 9.59 Å². The van der Waals surface area contributed by atoms with Gasteiger partial charge >= 0.3 is 5.97 Å². The molecule has 0 saturated carbocycles. The normalized spacial score (nSPS) is 13.6. The molecule has 1 aromatic heterocycles. The van der Waals surface area contributed by atoms with Crippen LogP contribution in [0, 0.1) is 0 Å². The van der Waals surface area contributed by atoms with Gasteiger partial charge in [0.25, 0.3) is 5.56 Å². The number of aromatic nitrogens is 1. The van der Waals surface area contributed by atoms with Gasteiger partial charge in [0.15, 0.2) is 0 Å². The first kappa shape index (κ1) is 10.7. The van der Waals surface area contributed by atoms with Crippen LogP contribution in [0.15, 0.2) is 10.9 Å². The zero-order chi connectivity index (χ0) is 11.7. The molecule has 5 heteroatoms. The smallest absolute Gasteiger partial charge is 0.342 e. The monoisotopic (exact) mass is 222 g/mol. The second kappa shape index (κ2) is 4.00. The molecule has 2 heterocycles. The molecule has 1 aliphatic heterocycles. The molecule has 0 radical (unpaired) electrons. The van der Waals surface area contributed by atoms with E-state index in [1.165, 1.54) is 6.07 Å². The lowest BCUT2D eigenvalue weighted by atomic mass is 10.1. The van der Waals surface area contributed by atoms with Crippen LogP contribution in [0.2, 0.25) is 0 Å². The van der Waals surface area contributed by atoms with E-state index in [-0.39, 0.29) is 11.2 Å². The van der Waals surface area contributed by atoms with E-state index in [2.05, 4.69) is 0 Å². The summed E-state index contributed by atoms with van der Waals surface area (Å²) in [5.74, 6) is -0.439. The van der Waals surface area contributed by atoms with Gasteiger partial charge in [-0.25, -0.2) is 4.79 Å². The summed E-state index contributed by atoms with van der Waals surface area (Å²) in [5.41, 5.74) is 6.86. The van der Waals surface area contributed by atoms with Crippen molar-refractivity contribution < 1.29 is 9.53 Å². The number of hydrogen-bond donors (Lipinski definition) is 1. The lowest BCUT2D eigenvalue weighted by molar-refractivity contribution is 0.0525. The topological polar surface area (TPSA) is 74.3 Å². The fourth-order valence-electron chi connectivity index (χ4n) is 2.07. The number of carbonyl (C=O) groups is 1. The maximum atomic E-state index is 11.7. The number of esters is 1. The van der Waals surface area contributed by atoms with Crippen molar-refractivity contribution >= 4 is 11.7 Å². The predicted molar refractivity (Wildman–Crippen MR) is 59.4 cm³/mol. The van der Waals surface area contributed by atoms with Crippen LogP contribution in [-0.2, 0) is 17.7 Å². The third-order valence-corrected chi connectivity index (χ3v) is 2.72. The van der Waals surface area contributed by atoms with Crippen molar-refractivity contribution in [3.8, 4) is 0 Å². The van der Waals surface area contributed by atoms with E-state index in [1.54, 1.807) is 11.5 Å². The highest BCUT2D eigenvalue weighted by Crippen LogP contribution is 2.22. The minimum absolute atomic E-state index is 0.141. The molecule has 0 amide bonds. The number of nitrogens with zero attached hydrogens (tertiary/aromatic N) is 1. The molecule has 0 spiro atoms. The van der Waals surface area contributed by atoms with Gasteiger partial charge in [0.2, 0.25) is 0 Å². The number of fused-ring (bicyclic) bond motifs is 1. The molecule has 5 nitrogen and oxygen atoms in total. The molecular weight excluding hydrogens is 208 g/mol. The number of rotatable bonds is 2. The molecule has 0 bridgehead atoms. The maximum absolute atomic E-state index is 11.7. The molecule has 86 valence electrons. The lowest BCUT2D eigenvalue weighted by Gasteiger charge is -2.11. The Hall–Kier alpha value is -1.78. The number of pyridine rings is 1. The van der Waals surface area contributed by atoms with Gasteiger partial charge in [-0.15, -0.1) is 0 Å². The van der Waals surface area contributed by atoms with Crippen molar-refractivity contribution in [1.82, 2.24) is 4.57 Å². The van der Waals surface area contributed by atoms with Crippen molar-refractivity contribution in [3.05, 3.63) is 27.7 Å². The summed E-state index contributed by atoms with van der Waals surface area (Å²) >= 11 is 0. The highest BCUT2D eigenvalue weighted by atomic mass is 16.5. The van der Waals surface area contributed by atoms with E-state index >= 15 is 0 Å². The Kier molecular flexibility index (Phi) is 2.68. The summed E-state index contributed by atoms with van der Waals surface area (Å²) in [7, 11) is 0. The molecule has 0 fully saturated rings. The quantitative estimate of drug-likeness (QED) is 0.742. The first-order valence-corrected chi connectivity index (χ1v) is 5.34. The van der Waals surface area contributed by atoms with Crippen LogP contribution < -0.4 is 11.3 Å². The zero-order valence-electron chi connectivity index (χ0n) is 9.16. The van der Waals surface area contributed by atoms with E-state index in [4.69, 9.17) is 10.5 Å². The molecule has 1 aromatic rings. The SMILES string of the molecule is CCOC(=O)c1c(N)cc(=O)n2c1CCC2. The highest BCUT2D eigenvalue weighted by molar-refractivity contribution is 5.96. The van der Waals surface area contributed by atoms with E-state index in [0.717, 1.165) is 6.42 Å². The van der Waals surface area contributed by atoms with E-state index < -0.39 is 5.97 Å². The Morgan fingerprint density at radius 3 is 3.06 bits per heavy atom. The van der Waals surface area contributed by atoms with E-state index in [0.29, 0.717) is 30.8 Å². The molecular formula is C11H14N2O3. The zero-order valence-corrected chi connectivity index (χ0v) is 9.16. The number of carbonyl (C=O) groups excluding carboxylic acids is 1. The molecule has 0 saturated heterocycles. The Balaban J connectivity index is 2.57. The second-order valence-corrected chi connectivity index (χ2v) is 3.74. The Labute approximate surface area is 92.8 Å². The summed E-state index contributed by atoms with van der Waals surface area (Å²) in [6.07, 6.45) is 1.57. The van der Waals surface area contributed by atoms with Crippen molar-refractivity contribution in [3.63, 3.8) is 0 Å². The van der Waals surface area contributed by atoms with Crippen molar-refractivity contribution in [1.29, 1.82) is 0 Å². The molecule has 2 N–H and O–H groups in total. The maximum Gasteiger partial charge on any atom is 0.342 e. The molecule has 16 heavy (non-hydrogen) atoms. The number of anilines is 1. The number of nitrogen functional groups attached to an aromatic ring is 1. The van der Waals surface area contributed by atoms with Crippen molar-refractivity contribution in [2.75, 3.05) is 12.3 Å². The minimum Gasteiger partial charge on any atom is -0.462 e. The van der Waals surface area contributed by atoms with E-state index in [1.807, 2.05) is 0 Å². The van der Waals surface area contributed by atoms with Gasteiger partial charge in [-0.05, 0) is 19.8 Å². The van der Waals surface area contributed by atoms with Gasteiger partial charge in [-0.3, -0.25) is 4.79 Å². The Bertz CT molecular complexity index is 491. The number of nitrogens with two attached hydrogens (primary N) is 1. The van der Waals surface area contributed by atoms with Gasteiger partial charge in [-0.2, -0.15) is 0 Å². The van der Waals surface area contributed by atoms with Crippen LogP contribution in [-0.4, -0.2) is 17.1 Å². The number of hydrogen-bond acceptors (Lipinski definition) is 4. The first-order valence-electron chi connectivity index (χ1n) is 5.34. The van der Waals surface area contributed by atoms with Crippen LogP contribution in [0.4, 0.5) is 5.69 Å². The Morgan fingerprint density at radius 2 is 2.38 bits per heavy atom. The third kappa shape index (κ3) is 1.58. The Morgan fingerprint density at radius 1 is 1.62 bits per heavy atom. The summed E-state index contributed by atoms with van der Waals surface area (Å²) in [5, 5.41) is 0. The summed E-state index contributed by atoms with van der Waals surface area (Å²) in [6.45, 7) is 2.70. The van der Waals surface area contributed by atoms with Crippen LogP contribution in [0.25, 0.3) is 0 Å². The molecule has 1 aliphatic rings. The molecule has 0 aliphatic carbocycles. The highest BCUT2D eigenvalue weighted by Gasteiger charge is 2.23. The lowest BCUT2D eigenvalue weighted by Crippen LogP contribution is -2.24. The summed E-state index contributed by atoms with van der Waals surface area (Å²) in [6, 6.07) is 1.29. The van der Waals surface area contributed by atoms with Crippen LogP contribution in [0.1, 0.15) is 29.4 Å². The average molecular weight is 222 g/mol. The van der Waals surface area contributed by atoms with Crippen molar-refractivity contribution in [2.24, 2.45) is 0 Å². The van der Waals surface area contributed by atoms with Crippen LogP contribution in [0.5, 0.6) is 0 Å². The standard InChI is InChI=1S/C11H14N2O3/c1-2-16-11(15)10-7(12)6-9(14)13-5-3-4-8(10)13/h6H,2-5,12H2,1H3. The third-order valence-electron chi connectivity index (χ3n) is 2.72. The fraction of sp³-hybridized carbons (Fsp3) is 0.455.